The molecule has 2 unspecified atom stereocenters. The van der Waals surface area contributed by atoms with Gasteiger partial charge in [-0.2, -0.15) is 0 Å². The Hall–Kier alpha value is -2.68. The Balaban J connectivity index is 1.30. The molecule has 8 nitrogen and oxygen atoms in total. The zero-order valence-electron chi connectivity index (χ0n) is 19.9. The van der Waals surface area contributed by atoms with Crippen LogP contribution in [0.5, 0.6) is 0 Å². The molecule has 34 heavy (non-hydrogen) atoms. The molecular formula is C25H35FN4O4. The van der Waals surface area contributed by atoms with E-state index in [1.54, 1.807) is 5.48 Å². The summed E-state index contributed by atoms with van der Waals surface area (Å²) >= 11 is 0. The van der Waals surface area contributed by atoms with Crippen molar-refractivity contribution in [2.24, 2.45) is 16.7 Å². The summed E-state index contributed by atoms with van der Waals surface area (Å²) in [7, 11) is 0. The van der Waals surface area contributed by atoms with E-state index in [9.17, 15) is 18.8 Å². The Morgan fingerprint density at radius 3 is 2.38 bits per heavy atom. The second kappa shape index (κ2) is 9.17. The van der Waals surface area contributed by atoms with Crippen LogP contribution in [0.2, 0.25) is 0 Å². The summed E-state index contributed by atoms with van der Waals surface area (Å²) in [5, 5.41) is 17.0. The van der Waals surface area contributed by atoms with Crippen LogP contribution in [-0.4, -0.2) is 35.1 Å². The molecule has 0 aromatic heterocycles. The fourth-order valence-corrected chi connectivity index (χ4v) is 7.51. The summed E-state index contributed by atoms with van der Waals surface area (Å²) in [5.41, 5.74) is 2.02. The number of amides is 4. The van der Waals surface area contributed by atoms with Crippen LogP contribution >= 0.6 is 0 Å². The molecule has 4 aliphatic rings. The topological polar surface area (TPSA) is 120 Å². The second-order valence-corrected chi connectivity index (χ2v) is 11.4. The number of anilines is 1. The lowest BCUT2D eigenvalue weighted by atomic mass is 9.43. The molecule has 1 aromatic carbocycles. The summed E-state index contributed by atoms with van der Waals surface area (Å²) in [5.74, 6) is -0.955. The molecule has 0 heterocycles. The highest BCUT2D eigenvalue weighted by atomic mass is 19.1. The largest absolute Gasteiger partial charge is 0.352 e. The van der Waals surface area contributed by atoms with Gasteiger partial charge in [-0.15, -0.1) is 0 Å². The van der Waals surface area contributed by atoms with E-state index in [4.69, 9.17) is 5.21 Å². The van der Waals surface area contributed by atoms with Gasteiger partial charge in [0, 0.05) is 24.1 Å². The predicted molar refractivity (Wildman–Crippen MR) is 125 cm³/mol. The van der Waals surface area contributed by atoms with Gasteiger partial charge in [-0.05, 0) is 86.3 Å². The van der Waals surface area contributed by atoms with E-state index < -0.39 is 23.7 Å². The van der Waals surface area contributed by atoms with Crippen molar-refractivity contribution < 1.29 is 24.0 Å². The number of hydrogen-bond acceptors (Lipinski definition) is 4. The van der Waals surface area contributed by atoms with Crippen LogP contribution in [0.3, 0.4) is 0 Å². The number of rotatable bonds is 8. The van der Waals surface area contributed by atoms with Gasteiger partial charge in [0.15, 0.2) is 0 Å². The van der Waals surface area contributed by atoms with E-state index in [1.165, 1.54) is 31.4 Å². The number of unbranched alkanes of at least 4 members (excludes halogenated alkanes) is 1. The highest BCUT2D eigenvalue weighted by molar-refractivity contribution is 5.95. The molecule has 0 spiro atoms. The van der Waals surface area contributed by atoms with E-state index in [-0.39, 0.29) is 34.0 Å². The van der Waals surface area contributed by atoms with Gasteiger partial charge >= 0.3 is 6.03 Å². The molecule has 0 aliphatic heterocycles. The maximum absolute atomic E-state index is 14.7. The number of benzene rings is 1. The lowest BCUT2D eigenvalue weighted by Crippen LogP contribution is -2.65. The Morgan fingerprint density at radius 1 is 1.06 bits per heavy atom. The standard InChI is InChI=1S/C25H35FN4O4/c1-23-10-16-11-24(2,13-23)15-25(12-16,14-23)29-22(33)28-19-7-6-17(9-18(19)26)21(32)27-8-4-3-5-20(31)30-34/h6-7,9,16,34H,3-5,8,10-15H2,1-2H3,(H,27,32)(H,30,31)(H2,28,29,33). The molecule has 0 radical (unpaired) electrons. The minimum atomic E-state index is -0.674. The summed E-state index contributed by atoms with van der Waals surface area (Å²) in [6.45, 7) is 4.99. The zero-order chi connectivity index (χ0) is 24.6. The van der Waals surface area contributed by atoms with Crippen molar-refractivity contribution >= 4 is 23.5 Å². The Bertz CT molecular complexity index is 966. The van der Waals surface area contributed by atoms with Crippen molar-refractivity contribution in [2.45, 2.75) is 77.2 Å². The number of halogens is 1. The van der Waals surface area contributed by atoms with Crippen molar-refractivity contribution in [1.29, 1.82) is 0 Å². The molecule has 0 saturated heterocycles. The molecule has 9 heteroatoms. The van der Waals surface area contributed by atoms with Gasteiger partial charge in [0.1, 0.15) is 5.82 Å². The third-order valence-electron chi connectivity index (χ3n) is 7.73. The fourth-order valence-electron chi connectivity index (χ4n) is 7.51. The van der Waals surface area contributed by atoms with Crippen LogP contribution in [0.25, 0.3) is 0 Å². The lowest BCUT2D eigenvalue weighted by molar-refractivity contribution is -0.129. The van der Waals surface area contributed by atoms with Crippen molar-refractivity contribution in [3.8, 4) is 0 Å². The van der Waals surface area contributed by atoms with Gasteiger partial charge in [-0.3, -0.25) is 14.8 Å². The van der Waals surface area contributed by atoms with E-state index in [0.29, 0.717) is 25.3 Å². The van der Waals surface area contributed by atoms with Crippen LogP contribution < -0.4 is 21.4 Å². The van der Waals surface area contributed by atoms with Crippen LogP contribution in [0.15, 0.2) is 18.2 Å². The van der Waals surface area contributed by atoms with Gasteiger partial charge in [0.25, 0.3) is 5.91 Å². The first-order valence-electron chi connectivity index (χ1n) is 12.1. The first-order valence-corrected chi connectivity index (χ1v) is 12.1. The number of carbonyl (C=O) groups excluding carboxylic acids is 3. The van der Waals surface area contributed by atoms with Crippen molar-refractivity contribution in [1.82, 2.24) is 16.1 Å². The maximum Gasteiger partial charge on any atom is 0.319 e. The third kappa shape index (κ3) is 5.35. The maximum atomic E-state index is 14.7. The monoisotopic (exact) mass is 474 g/mol. The quantitative estimate of drug-likeness (QED) is 0.221. The molecule has 4 amide bonds. The third-order valence-corrected chi connectivity index (χ3v) is 7.73. The molecule has 5 rings (SSSR count). The van der Waals surface area contributed by atoms with Crippen molar-refractivity contribution in [3.63, 3.8) is 0 Å². The van der Waals surface area contributed by atoms with Gasteiger partial charge in [-0.1, -0.05) is 13.8 Å². The number of hydrogen-bond donors (Lipinski definition) is 5. The van der Waals surface area contributed by atoms with E-state index in [2.05, 4.69) is 29.8 Å². The summed E-state index contributed by atoms with van der Waals surface area (Å²) in [6.07, 6.45) is 7.77. The van der Waals surface area contributed by atoms with Gasteiger partial charge in [-0.25, -0.2) is 14.7 Å². The molecular weight excluding hydrogens is 439 g/mol. The minimum absolute atomic E-state index is 0.0335. The fraction of sp³-hybridized carbons (Fsp3) is 0.640. The van der Waals surface area contributed by atoms with E-state index in [1.807, 2.05) is 0 Å². The minimum Gasteiger partial charge on any atom is -0.352 e. The zero-order valence-corrected chi connectivity index (χ0v) is 19.9. The molecule has 1 aromatic rings. The SMILES string of the molecule is CC12CC3CC(C)(C1)CC(NC(=O)Nc1ccc(C(=O)NCCCCC(=O)NO)cc1F)(C3)C2. The molecule has 186 valence electrons. The normalized spacial score (nSPS) is 31.1. The van der Waals surface area contributed by atoms with E-state index in [0.717, 1.165) is 25.3 Å². The summed E-state index contributed by atoms with van der Waals surface area (Å²) in [6, 6.07) is 3.58. The summed E-state index contributed by atoms with van der Waals surface area (Å²) in [4.78, 5) is 36.1. The number of hydroxylamine groups is 1. The molecule has 2 atom stereocenters. The number of nitrogens with one attached hydrogen (secondary N) is 4. The Morgan fingerprint density at radius 2 is 1.76 bits per heavy atom. The number of urea groups is 1. The van der Waals surface area contributed by atoms with Crippen LogP contribution in [0, 0.1) is 22.6 Å². The van der Waals surface area contributed by atoms with Crippen molar-refractivity contribution in [2.75, 3.05) is 11.9 Å². The average Bonchev–Trinajstić information content (AvgIpc) is 2.71. The number of carbonyl (C=O) groups is 3. The molecule has 5 N–H and O–H groups in total. The van der Waals surface area contributed by atoms with Crippen LogP contribution in [0.1, 0.15) is 82.0 Å². The smallest absolute Gasteiger partial charge is 0.319 e. The van der Waals surface area contributed by atoms with Crippen LogP contribution in [0.4, 0.5) is 14.9 Å². The Kier molecular flexibility index (Phi) is 6.59. The van der Waals surface area contributed by atoms with Crippen molar-refractivity contribution in [3.05, 3.63) is 29.6 Å². The molecule has 4 saturated carbocycles. The molecule has 4 fully saturated rings. The summed E-state index contributed by atoms with van der Waals surface area (Å²) < 4.78 is 14.7. The molecule has 4 bridgehead atoms. The first-order chi connectivity index (χ1) is 16.0. The second-order valence-electron chi connectivity index (χ2n) is 11.4. The highest BCUT2D eigenvalue weighted by Crippen LogP contribution is 2.66. The van der Waals surface area contributed by atoms with Gasteiger partial charge < -0.3 is 16.0 Å². The van der Waals surface area contributed by atoms with Gasteiger partial charge in [0.2, 0.25) is 5.91 Å². The lowest BCUT2D eigenvalue weighted by Gasteiger charge is -2.65. The van der Waals surface area contributed by atoms with E-state index >= 15 is 0 Å². The Labute approximate surface area is 199 Å². The first kappa shape index (κ1) is 24.4. The van der Waals surface area contributed by atoms with Gasteiger partial charge in [0.05, 0.1) is 5.69 Å². The molecule has 4 aliphatic carbocycles. The highest BCUT2D eigenvalue weighted by Gasteiger charge is 2.60. The average molecular weight is 475 g/mol. The predicted octanol–water partition coefficient (Wildman–Crippen LogP) is 4.10. The van der Waals surface area contributed by atoms with Crippen LogP contribution in [-0.2, 0) is 4.79 Å².